The lowest BCUT2D eigenvalue weighted by Gasteiger charge is -1.86. The van der Waals surface area contributed by atoms with Gasteiger partial charge >= 0.3 is 0 Å². The maximum atomic E-state index is 10.7. The lowest BCUT2D eigenvalue weighted by atomic mass is 10.3. The largest absolute Gasteiger partial charge is 0.442 e. The summed E-state index contributed by atoms with van der Waals surface area (Å²) in [5.41, 5.74) is 0. The number of ketones is 1. The number of hydrogen-bond donors (Lipinski definition) is 0. The van der Waals surface area contributed by atoms with Crippen molar-refractivity contribution in [3.63, 3.8) is 0 Å². The van der Waals surface area contributed by atoms with Crippen LogP contribution in [0.2, 0.25) is 5.22 Å². The van der Waals surface area contributed by atoms with Gasteiger partial charge in [-0.1, -0.05) is 0 Å². The molecule has 1 aromatic heterocycles. The summed E-state index contributed by atoms with van der Waals surface area (Å²) in [5.74, 6) is -0.127. The highest BCUT2D eigenvalue weighted by molar-refractivity contribution is 6.31. The summed E-state index contributed by atoms with van der Waals surface area (Å²) >= 11 is 10.6. The fraction of sp³-hybridized carbons (Fsp3) is 0.167. The van der Waals surface area contributed by atoms with Gasteiger partial charge in [0.25, 0.3) is 0 Å². The summed E-state index contributed by atoms with van der Waals surface area (Å²) in [6.45, 7) is 0. The topological polar surface area (TPSA) is 30.2 Å². The van der Waals surface area contributed by atoms with Gasteiger partial charge in [0.15, 0.2) is 11.0 Å². The van der Waals surface area contributed by atoms with Gasteiger partial charge < -0.3 is 4.42 Å². The molecule has 0 saturated heterocycles. The first-order valence-corrected chi connectivity index (χ1v) is 3.50. The van der Waals surface area contributed by atoms with E-state index in [1.165, 1.54) is 12.1 Å². The second-order valence-electron chi connectivity index (χ2n) is 1.66. The Hall–Kier alpha value is -0.470. The van der Waals surface area contributed by atoms with E-state index in [-0.39, 0.29) is 22.6 Å². The summed E-state index contributed by atoms with van der Waals surface area (Å²) in [7, 11) is 0. The van der Waals surface area contributed by atoms with Crippen molar-refractivity contribution in [3.8, 4) is 0 Å². The van der Waals surface area contributed by atoms with Crippen LogP contribution in [0.4, 0.5) is 0 Å². The van der Waals surface area contributed by atoms with E-state index in [2.05, 4.69) is 0 Å². The Morgan fingerprint density at radius 1 is 1.60 bits per heavy atom. The third-order valence-corrected chi connectivity index (χ3v) is 1.42. The van der Waals surface area contributed by atoms with Crippen molar-refractivity contribution in [1.82, 2.24) is 0 Å². The van der Waals surface area contributed by atoms with Crippen molar-refractivity contribution in [1.29, 1.82) is 0 Å². The molecule has 0 spiro atoms. The molecule has 0 aromatic carbocycles. The molecule has 0 amide bonds. The second kappa shape index (κ2) is 3.08. The Morgan fingerprint density at radius 2 is 2.30 bits per heavy atom. The van der Waals surface area contributed by atoms with E-state index < -0.39 is 0 Å². The van der Waals surface area contributed by atoms with Crippen LogP contribution in [0.15, 0.2) is 16.5 Å². The highest BCUT2D eigenvalue weighted by atomic mass is 35.5. The third kappa shape index (κ3) is 1.52. The van der Waals surface area contributed by atoms with Crippen LogP contribution in [0.5, 0.6) is 0 Å². The van der Waals surface area contributed by atoms with E-state index in [1.54, 1.807) is 0 Å². The molecule has 0 N–H and O–H groups in total. The van der Waals surface area contributed by atoms with E-state index in [1.807, 2.05) is 0 Å². The van der Waals surface area contributed by atoms with Gasteiger partial charge in [-0.15, -0.1) is 11.6 Å². The van der Waals surface area contributed by atoms with Gasteiger partial charge in [0, 0.05) is 0 Å². The van der Waals surface area contributed by atoms with E-state index in [0.29, 0.717) is 0 Å². The van der Waals surface area contributed by atoms with Gasteiger partial charge in [-0.3, -0.25) is 4.79 Å². The molecule has 0 aliphatic rings. The number of furan rings is 1. The molecule has 0 saturated carbocycles. The molecule has 0 fully saturated rings. The quantitative estimate of drug-likeness (QED) is 0.515. The number of alkyl halides is 1. The maximum absolute atomic E-state index is 10.7. The number of carbonyl (C=O) groups excluding carboxylic acids is 1. The van der Waals surface area contributed by atoms with Crippen molar-refractivity contribution in [3.05, 3.63) is 23.1 Å². The van der Waals surface area contributed by atoms with Gasteiger partial charge in [0.2, 0.25) is 5.78 Å². The van der Waals surface area contributed by atoms with Crippen molar-refractivity contribution in [2.24, 2.45) is 0 Å². The molecule has 10 heavy (non-hydrogen) atoms. The van der Waals surface area contributed by atoms with Gasteiger partial charge in [-0.05, 0) is 23.7 Å². The molecular formula is C6H4Cl2O2. The molecule has 1 heterocycles. The minimum Gasteiger partial charge on any atom is -0.442 e. The maximum Gasteiger partial charge on any atom is 0.212 e. The molecule has 1 aromatic rings. The van der Waals surface area contributed by atoms with Gasteiger partial charge in [0.05, 0.1) is 5.88 Å². The van der Waals surface area contributed by atoms with Gasteiger partial charge in [-0.25, -0.2) is 0 Å². The van der Waals surface area contributed by atoms with E-state index in [4.69, 9.17) is 27.6 Å². The van der Waals surface area contributed by atoms with Crippen LogP contribution in [0.25, 0.3) is 0 Å². The molecule has 54 valence electrons. The molecular weight excluding hydrogens is 175 g/mol. The van der Waals surface area contributed by atoms with Crippen molar-refractivity contribution in [2.45, 2.75) is 0 Å². The number of Topliss-reactive ketones (excluding diaryl/α,β-unsaturated/α-hetero) is 1. The predicted molar refractivity (Wildman–Crippen MR) is 38.8 cm³/mol. The predicted octanol–water partition coefficient (Wildman–Crippen LogP) is 2.35. The first kappa shape index (κ1) is 7.63. The highest BCUT2D eigenvalue weighted by Crippen LogP contribution is 2.13. The number of hydrogen-bond acceptors (Lipinski definition) is 2. The van der Waals surface area contributed by atoms with E-state index >= 15 is 0 Å². The lowest BCUT2D eigenvalue weighted by molar-refractivity contribution is 0.0991. The van der Waals surface area contributed by atoms with Crippen LogP contribution < -0.4 is 0 Å². The molecule has 0 radical (unpaired) electrons. The Morgan fingerprint density at radius 3 is 2.70 bits per heavy atom. The Bertz CT molecular complexity index is 242. The summed E-state index contributed by atoms with van der Waals surface area (Å²) in [6, 6.07) is 2.99. The zero-order valence-corrected chi connectivity index (χ0v) is 6.45. The Balaban J connectivity index is 2.85. The summed E-state index contributed by atoms with van der Waals surface area (Å²) in [4.78, 5) is 10.7. The minimum atomic E-state index is -0.256. The van der Waals surface area contributed by atoms with Gasteiger partial charge in [-0.2, -0.15) is 0 Å². The summed E-state index contributed by atoms with van der Waals surface area (Å²) in [6.07, 6.45) is 0. The molecule has 0 atom stereocenters. The number of rotatable bonds is 2. The van der Waals surface area contributed by atoms with Crippen LogP contribution in [0.3, 0.4) is 0 Å². The standard InChI is InChI=1S/C6H4Cl2O2/c7-3-4(9)5-1-2-6(8)10-5/h1-2H,3H2. The monoisotopic (exact) mass is 178 g/mol. The third-order valence-electron chi connectivity index (χ3n) is 0.969. The Labute approximate surface area is 67.7 Å². The van der Waals surface area contributed by atoms with Crippen LogP contribution in [0, 0.1) is 0 Å². The smallest absolute Gasteiger partial charge is 0.212 e. The average Bonchev–Trinajstić information content (AvgIpc) is 2.34. The Kier molecular flexibility index (Phi) is 2.35. The fourth-order valence-electron chi connectivity index (χ4n) is 0.530. The highest BCUT2D eigenvalue weighted by Gasteiger charge is 2.07. The molecule has 0 bridgehead atoms. The molecule has 0 unspecified atom stereocenters. The van der Waals surface area contributed by atoms with Crippen molar-refractivity contribution in [2.75, 3.05) is 5.88 Å². The van der Waals surface area contributed by atoms with E-state index in [9.17, 15) is 4.79 Å². The molecule has 0 aliphatic heterocycles. The number of halogens is 2. The molecule has 0 aliphatic carbocycles. The molecule has 4 heteroatoms. The normalized spacial score (nSPS) is 9.80. The van der Waals surface area contributed by atoms with Crippen LogP contribution >= 0.6 is 23.2 Å². The molecule has 1 rings (SSSR count). The van der Waals surface area contributed by atoms with Crippen LogP contribution in [0.1, 0.15) is 10.6 Å². The minimum absolute atomic E-state index is 0.0795. The lowest BCUT2D eigenvalue weighted by Crippen LogP contribution is -1.96. The van der Waals surface area contributed by atoms with Crippen LogP contribution in [-0.2, 0) is 0 Å². The number of carbonyl (C=O) groups is 1. The molecule has 2 nitrogen and oxygen atoms in total. The van der Waals surface area contributed by atoms with Crippen molar-refractivity contribution < 1.29 is 9.21 Å². The van der Waals surface area contributed by atoms with Crippen LogP contribution in [-0.4, -0.2) is 11.7 Å². The SMILES string of the molecule is O=C(CCl)c1ccc(Cl)o1. The first-order chi connectivity index (χ1) is 4.74. The first-order valence-electron chi connectivity index (χ1n) is 2.58. The zero-order chi connectivity index (χ0) is 7.56. The van der Waals surface area contributed by atoms with Crippen molar-refractivity contribution >= 4 is 29.0 Å². The second-order valence-corrected chi connectivity index (χ2v) is 2.30. The van der Waals surface area contributed by atoms with Gasteiger partial charge in [0.1, 0.15) is 0 Å². The average molecular weight is 179 g/mol. The van der Waals surface area contributed by atoms with E-state index in [0.717, 1.165) is 0 Å². The summed E-state index contributed by atoms with van der Waals surface area (Å²) < 4.78 is 4.77. The fourth-order valence-corrected chi connectivity index (χ4v) is 0.808. The zero-order valence-electron chi connectivity index (χ0n) is 4.93. The summed E-state index contributed by atoms with van der Waals surface area (Å²) in [5, 5.41) is 0.202.